The molecule has 1 N–H and O–H groups in total. The highest BCUT2D eigenvalue weighted by molar-refractivity contribution is 5.77. The van der Waals surface area contributed by atoms with Gasteiger partial charge in [-0.15, -0.1) is 6.58 Å². The quantitative estimate of drug-likeness (QED) is 0.616. The fourth-order valence-electron chi connectivity index (χ4n) is 3.44. The number of carboxylic acid groups (broad SMARTS) is 1. The molecular weight excluding hydrogens is 276 g/mol. The topological polar surface area (TPSA) is 99.9 Å². The molecule has 0 aromatic heterocycles. The number of amides is 1. The predicted octanol–water partition coefficient (Wildman–Crippen LogP) is 1.01. The van der Waals surface area contributed by atoms with Crippen LogP contribution in [-0.2, 0) is 14.3 Å². The first-order chi connectivity index (χ1) is 9.99. The summed E-state index contributed by atoms with van der Waals surface area (Å²) in [6.45, 7) is 4.30. The van der Waals surface area contributed by atoms with E-state index in [4.69, 9.17) is 9.47 Å². The van der Waals surface area contributed by atoms with E-state index in [0.29, 0.717) is 12.8 Å². The minimum Gasteiger partial charge on any atom is -0.468 e. The Bertz CT molecular complexity index is 484. The number of hydrogen-bond acceptors (Lipinski definition) is 5. The zero-order valence-corrected chi connectivity index (χ0v) is 11.8. The van der Waals surface area contributed by atoms with E-state index < -0.39 is 23.4 Å². The third-order valence-corrected chi connectivity index (χ3v) is 4.41. The van der Waals surface area contributed by atoms with Gasteiger partial charge in [0.2, 0.25) is 0 Å². The summed E-state index contributed by atoms with van der Waals surface area (Å²) < 4.78 is 10.1. The van der Waals surface area contributed by atoms with Crippen molar-refractivity contribution in [3.05, 3.63) is 12.7 Å². The molecule has 2 fully saturated rings. The van der Waals surface area contributed by atoms with Gasteiger partial charge in [-0.1, -0.05) is 6.08 Å². The highest BCUT2D eigenvalue weighted by Gasteiger charge is 2.53. The van der Waals surface area contributed by atoms with Crippen LogP contribution < -0.4 is 0 Å². The SMILES string of the molecule is C=CC1(C(C#N)C(=O)OC)CC2COCC(C1)N2C(=O)O. The number of rotatable bonds is 3. The number of nitriles is 1. The number of carbonyl (C=O) groups excluding carboxylic acids is 1. The molecule has 7 nitrogen and oxygen atoms in total. The lowest BCUT2D eigenvalue weighted by atomic mass is 9.64. The Hall–Kier alpha value is -2.07. The summed E-state index contributed by atoms with van der Waals surface area (Å²) in [6.07, 6.45) is 1.25. The second kappa shape index (κ2) is 5.74. The summed E-state index contributed by atoms with van der Waals surface area (Å²) in [5, 5.41) is 18.7. The maximum Gasteiger partial charge on any atom is 0.407 e. The van der Waals surface area contributed by atoms with Gasteiger partial charge in [0.1, 0.15) is 0 Å². The molecule has 2 rings (SSSR count). The standard InChI is InChI=1S/C14H18N2O5/c1-3-14(11(6-15)12(17)20-2)4-9-7-21-8-10(5-14)16(9)13(18)19/h3,9-11H,1,4-5,7-8H2,2H3,(H,18,19). The zero-order chi connectivity index (χ0) is 15.6. The maximum absolute atomic E-state index is 11.9. The molecule has 2 saturated heterocycles. The van der Waals surface area contributed by atoms with Crippen molar-refractivity contribution in [2.24, 2.45) is 11.3 Å². The normalized spacial score (nSPS) is 32.7. The molecule has 7 heteroatoms. The van der Waals surface area contributed by atoms with Crippen LogP contribution in [0.3, 0.4) is 0 Å². The molecule has 0 spiro atoms. The number of allylic oxidation sites excluding steroid dienone is 1. The first-order valence-electron chi connectivity index (χ1n) is 6.69. The number of esters is 1. The molecule has 1 amide bonds. The van der Waals surface area contributed by atoms with Crippen molar-refractivity contribution in [3.8, 4) is 6.07 Å². The van der Waals surface area contributed by atoms with Crippen LogP contribution >= 0.6 is 0 Å². The molecule has 114 valence electrons. The first kappa shape index (κ1) is 15.3. The van der Waals surface area contributed by atoms with E-state index in [1.54, 1.807) is 6.08 Å². The first-order valence-corrected chi connectivity index (χ1v) is 6.69. The summed E-state index contributed by atoms with van der Waals surface area (Å²) in [5.74, 6) is -1.60. The molecule has 2 aliphatic heterocycles. The predicted molar refractivity (Wildman–Crippen MR) is 71.2 cm³/mol. The Morgan fingerprint density at radius 2 is 2.10 bits per heavy atom. The van der Waals surface area contributed by atoms with Crippen LogP contribution in [0, 0.1) is 22.7 Å². The molecule has 0 aliphatic carbocycles. The van der Waals surface area contributed by atoms with E-state index in [2.05, 4.69) is 6.58 Å². The van der Waals surface area contributed by atoms with Crippen LogP contribution in [0.25, 0.3) is 0 Å². The lowest BCUT2D eigenvalue weighted by Gasteiger charge is -2.52. The second-order valence-corrected chi connectivity index (χ2v) is 5.47. The highest BCUT2D eigenvalue weighted by Crippen LogP contribution is 2.46. The van der Waals surface area contributed by atoms with Gasteiger partial charge in [0.15, 0.2) is 5.92 Å². The number of hydrogen-bond donors (Lipinski definition) is 1. The van der Waals surface area contributed by atoms with E-state index in [9.17, 15) is 20.0 Å². The zero-order valence-electron chi connectivity index (χ0n) is 11.8. The lowest BCUT2D eigenvalue weighted by Crippen LogP contribution is -2.62. The van der Waals surface area contributed by atoms with Crippen molar-refractivity contribution in [2.75, 3.05) is 20.3 Å². The van der Waals surface area contributed by atoms with Gasteiger partial charge in [-0.05, 0) is 12.8 Å². The average Bonchev–Trinajstić information content (AvgIpc) is 2.46. The molecule has 2 bridgehead atoms. The number of piperidine rings is 1. The molecule has 3 atom stereocenters. The van der Waals surface area contributed by atoms with Crippen molar-refractivity contribution < 1.29 is 24.2 Å². The van der Waals surface area contributed by atoms with E-state index in [1.807, 2.05) is 6.07 Å². The van der Waals surface area contributed by atoms with Gasteiger partial charge in [-0.3, -0.25) is 9.69 Å². The molecular formula is C14H18N2O5. The Kier molecular flexibility index (Phi) is 4.19. The van der Waals surface area contributed by atoms with Gasteiger partial charge in [-0.25, -0.2) is 4.79 Å². The van der Waals surface area contributed by atoms with Gasteiger partial charge in [0.25, 0.3) is 0 Å². The lowest BCUT2D eigenvalue weighted by molar-refractivity contribution is -0.151. The number of methoxy groups -OCH3 is 1. The van der Waals surface area contributed by atoms with Crippen molar-refractivity contribution >= 4 is 12.1 Å². The molecule has 2 aliphatic rings. The molecule has 2 heterocycles. The van der Waals surface area contributed by atoms with Crippen LogP contribution in [0.4, 0.5) is 4.79 Å². The largest absolute Gasteiger partial charge is 0.468 e. The summed E-state index contributed by atoms with van der Waals surface area (Å²) in [7, 11) is 1.24. The van der Waals surface area contributed by atoms with Gasteiger partial charge < -0.3 is 14.6 Å². The molecule has 3 unspecified atom stereocenters. The fraction of sp³-hybridized carbons (Fsp3) is 0.643. The molecule has 0 saturated carbocycles. The Morgan fingerprint density at radius 1 is 1.52 bits per heavy atom. The Labute approximate surface area is 122 Å². The average molecular weight is 294 g/mol. The maximum atomic E-state index is 11.9. The van der Waals surface area contributed by atoms with Crippen molar-refractivity contribution in [2.45, 2.75) is 24.9 Å². The van der Waals surface area contributed by atoms with Gasteiger partial charge >= 0.3 is 12.1 Å². The number of morpholine rings is 1. The molecule has 0 radical (unpaired) electrons. The molecule has 0 aromatic carbocycles. The highest BCUT2D eigenvalue weighted by atomic mass is 16.5. The number of carbonyl (C=O) groups is 2. The molecule has 21 heavy (non-hydrogen) atoms. The van der Waals surface area contributed by atoms with Crippen molar-refractivity contribution in [3.63, 3.8) is 0 Å². The summed E-state index contributed by atoms with van der Waals surface area (Å²) in [6, 6.07) is 1.23. The summed E-state index contributed by atoms with van der Waals surface area (Å²) >= 11 is 0. The van der Waals surface area contributed by atoms with Crippen molar-refractivity contribution in [1.82, 2.24) is 4.90 Å². The van der Waals surface area contributed by atoms with Crippen LogP contribution in [0.1, 0.15) is 12.8 Å². The third kappa shape index (κ3) is 2.47. The van der Waals surface area contributed by atoms with Gasteiger partial charge in [-0.2, -0.15) is 5.26 Å². The van der Waals surface area contributed by atoms with Gasteiger partial charge in [0, 0.05) is 5.41 Å². The Balaban J connectivity index is 2.35. The van der Waals surface area contributed by atoms with Crippen LogP contribution in [0.2, 0.25) is 0 Å². The fourth-order valence-corrected chi connectivity index (χ4v) is 3.44. The minimum atomic E-state index is -1.00. The van der Waals surface area contributed by atoms with E-state index in [1.165, 1.54) is 12.0 Å². The van der Waals surface area contributed by atoms with Crippen LogP contribution in [0.5, 0.6) is 0 Å². The second-order valence-electron chi connectivity index (χ2n) is 5.47. The summed E-state index contributed by atoms with van der Waals surface area (Å²) in [4.78, 5) is 24.6. The van der Waals surface area contributed by atoms with E-state index >= 15 is 0 Å². The van der Waals surface area contributed by atoms with E-state index in [-0.39, 0.29) is 25.3 Å². The molecule has 0 aromatic rings. The van der Waals surface area contributed by atoms with Crippen LogP contribution in [0.15, 0.2) is 12.7 Å². The van der Waals surface area contributed by atoms with Gasteiger partial charge in [0.05, 0.1) is 38.5 Å². The number of fused-ring (bicyclic) bond motifs is 2. The van der Waals surface area contributed by atoms with Crippen molar-refractivity contribution in [1.29, 1.82) is 5.26 Å². The van der Waals surface area contributed by atoms with Crippen LogP contribution in [-0.4, -0.2) is 54.5 Å². The Morgan fingerprint density at radius 3 is 2.48 bits per heavy atom. The number of ether oxygens (including phenoxy) is 2. The monoisotopic (exact) mass is 294 g/mol. The van der Waals surface area contributed by atoms with E-state index in [0.717, 1.165) is 0 Å². The minimum absolute atomic E-state index is 0.262. The summed E-state index contributed by atoms with van der Waals surface area (Å²) in [5.41, 5.74) is -0.785. The smallest absolute Gasteiger partial charge is 0.407 e. The number of nitrogens with zero attached hydrogens (tertiary/aromatic N) is 2. The third-order valence-electron chi connectivity index (χ3n) is 4.41.